The number of ketones is 2. The average Bonchev–Trinajstić information content (AvgIpc) is 3.31. The molecule has 0 radical (unpaired) electrons. The first-order valence-corrected chi connectivity index (χ1v) is 29.7. The standard InChI is InChI=1S/C13H22O2.C12H22N2O.C11H23O3P.C9H18N2O.C9H19O3P/c1-4-5-6-7-8-9-10-13(11(2)14)12(3)15;1-2-3-4-6-9-12(15)13-14-10-7-5-8-11-14;1-4-5-6-7-8-9-10-11-15(12,13-2)14-3;1-4-5-6-7-8-9(12)10-11(2)3;1-2-3-4-5-6-7-8-9-13(10,11)12/h4,13H,1,5-10H2,2-3H3;2H,1,3-11H2,(H,13,15);4H,1,5-11H2,2-3H3;4H,1,5-8H2,2-3H3,(H,10,12);2H,1,3-9H2,(H2,10,11,12). The van der Waals surface area contributed by atoms with Gasteiger partial charge in [0.15, 0.2) is 0 Å². The first kappa shape index (κ1) is 73.7. The maximum atomic E-state index is 11.6. The molecule has 2 amide bonds. The van der Waals surface area contributed by atoms with Gasteiger partial charge in [0.1, 0.15) is 11.6 Å². The molecule has 0 aromatic carbocycles. The number of hydrogen-bond donors (Lipinski definition) is 4. The smallest absolute Gasteiger partial charge is 0.324 e. The van der Waals surface area contributed by atoms with Crippen molar-refractivity contribution < 1.29 is 47.1 Å². The molecule has 0 bridgehead atoms. The number of carbonyl (C=O) groups excluding carboxylic acids is 4. The molecule has 1 aliphatic rings. The highest BCUT2D eigenvalue weighted by molar-refractivity contribution is 7.53. The number of rotatable bonds is 39. The fourth-order valence-electron chi connectivity index (χ4n) is 6.89. The van der Waals surface area contributed by atoms with Crippen molar-refractivity contribution in [3.63, 3.8) is 0 Å². The van der Waals surface area contributed by atoms with Crippen molar-refractivity contribution in [1.29, 1.82) is 0 Å². The van der Waals surface area contributed by atoms with Gasteiger partial charge in [0, 0.05) is 60.4 Å². The Bertz CT molecular complexity index is 1410. The van der Waals surface area contributed by atoms with Gasteiger partial charge in [-0.1, -0.05) is 94.6 Å². The second-order valence-corrected chi connectivity index (χ2v) is 22.1. The molecular weight excluding hydrogens is 927 g/mol. The van der Waals surface area contributed by atoms with E-state index in [9.17, 15) is 28.3 Å². The van der Waals surface area contributed by atoms with Crippen molar-refractivity contribution in [1.82, 2.24) is 20.9 Å². The zero-order chi connectivity index (χ0) is 53.7. The van der Waals surface area contributed by atoms with Gasteiger partial charge >= 0.3 is 15.2 Å². The topological polar surface area (TPSA) is 192 Å². The molecule has 1 rings (SSSR count). The van der Waals surface area contributed by atoms with Crippen LogP contribution in [0.4, 0.5) is 0 Å². The number of hydrogen-bond acceptors (Lipinski definition) is 10. The predicted octanol–water partition coefficient (Wildman–Crippen LogP) is 13.6. The second-order valence-electron chi connectivity index (χ2n) is 17.9. The second kappa shape index (κ2) is 54.0. The summed E-state index contributed by atoms with van der Waals surface area (Å²) in [6.45, 7) is 23.3. The highest BCUT2D eigenvalue weighted by atomic mass is 31.2. The van der Waals surface area contributed by atoms with E-state index in [4.69, 9.17) is 18.8 Å². The number of nitrogens with one attached hydrogen (secondary N) is 2. The average molecular weight is 1030 g/mol. The predicted molar refractivity (Wildman–Crippen MR) is 295 cm³/mol. The van der Waals surface area contributed by atoms with Crippen LogP contribution in [-0.2, 0) is 37.4 Å². The molecular formula is C54H104N4O10P2. The van der Waals surface area contributed by atoms with Gasteiger partial charge in [0.2, 0.25) is 11.8 Å². The Morgan fingerprint density at radius 3 is 1.29 bits per heavy atom. The third kappa shape index (κ3) is 59.5. The number of nitrogens with zero attached hydrogens (tertiary/aromatic N) is 2. The summed E-state index contributed by atoms with van der Waals surface area (Å²) in [5.41, 5.74) is 5.65. The lowest BCUT2D eigenvalue weighted by molar-refractivity contribution is -0.131. The summed E-state index contributed by atoms with van der Waals surface area (Å²) in [4.78, 5) is 61.9. The molecule has 16 heteroatoms. The summed E-state index contributed by atoms with van der Waals surface area (Å²) in [5.74, 6) is -0.0865. The lowest BCUT2D eigenvalue weighted by atomic mass is 9.94. The summed E-state index contributed by atoms with van der Waals surface area (Å²) in [6.07, 6.45) is 39.9. The molecule has 1 aliphatic heterocycles. The Labute approximate surface area is 428 Å². The zero-order valence-electron chi connectivity index (χ0n) is 45.3. The van der Waals surface area contributed by atoms with Crippen LogP contribution in [0.1, 0.15) is 200 Å². The molecule has 410 valence electrons. The van der Waals surface area contributed by atoms with Gasteiger partial charge in [-0.2, -0.15) is 0 Å². The first-order valence-electron chi connectivity index (χ1n) is 26.1. The summed E-state index contributed by atoms with van der Waals surface area (Å²) in [7, 11) is -0.00983. The third-order valence-corrected chi connectivity index (χ3v) is 13.9. The summed E-state index contributed by atoms with van der Waals surface area (Å²) in [6, 6.07) is 0. The third-order valence-electron chi connectivity index (χ3n) is 11.0. The number of unbranched alkanes of at least 4 members (excludes halogenated alkanes) is 18. The Morgan fingerprint density at radius 2 is 0.914 bits per heavy atom. The van der Waals surface area contributed by atoms with Gasteiger partial charge in [-0.3, -0.25) is 39.2 Å². The maximum absolute atomic E-state index is 11.6. The van der Waals surface area contributed by atoms with Gasteiger partial charge < -0.3 is 18.8 Å². The minimum atomic E-state index is -3.74. The number of piperidine rings is 1. The van der Waals surface area contributed by atoms with E-state index in [1.165, 1.54) is 66.6 Å². The van der Waals surface area contributed by atoms with E-state index >= 15 is 0 Å². The minimum Gasteiger partial charge on any atom is -0.324 e. The molecule has 14 nitrogen and oxygen atoms in total. The van der Waals surface area contributed by atoms with Gasteiger partial charge in [-0.25, -0.2) is 10.0 Å². The van der Waals surface area contributed by atoms with Crippen LogP contribution in [0, 0.1) is 5.92 Å². The highest BCUT2D eigenvalue weighted by Crippen LogP contribution is 2.47. The van der Waals surface area contributed by atoms with Crippen LogP contribution in [0.5, 0.6) is 0 Å². The normalized spacial score (nSPS) is 12.3. The number of Topliss-reactive ketones (excluding diaryl/α,β-unsaturated/α-hetero) is 2. The molecule has 0 aliphatic carbocycles. The van der Waals surface area contributed by atoms with Crippen LogP contribution < -0.4 is 10.9 Å². The van der Waals surface area contributed by atoms with Crippen LogP contribution in [-0.4, -0.2) is 96.9 Å². The van der Waals surface area contributed by atoms with Gasteiger partial charge in [-0.15, -0.1) is 32.9 Å². The highest BCUT2D eigenvalue weighted by Gasteiger charge is 2.20. The Morgan fingerprint density at radius 1 is 0.557 bits per heavy atom. The van der Waals surface area contributed by atoms with Crippen molar-refractivity contribution in [2.75, 3.05) is 53.7 Å². The Hall–Kier alpha value is -2.80. The van der Waals surface area contributed by atoms with Crippen molar-refractivity contribution >= 4 is 38.6 Å². The number of amides is 2. The van der Waals surface area contributed by atoms with Gasteiger partial charge in [0.25, 0.3) is 0 Å². The van der Waals surface area contributed by atoms with Gasteiger partial charge in [-0.05, 0) is 123 Å². The molecule has 0 atom stereocenters. The van der Waals surface area contributed by atoms with E-state index in [0.717, 1.165) is 142 Å². The zero-order valence-corrected chi connectivity index (χ0v) is 47.1. The van der Waals surface area contributed by atoms with E-state index in [2.05, 4.69) is 48.8 Å². The van der Waals surface area contributed by atoms with Gasteiger partial charge in [0.05, 0.1) is 12.1 Å². The summed E-state index contributed by atoms with van der Waals surface area (Å²) >= 11 is 0. The van der Waals surface area contributed by atoms with Crippen LogP contribution in [0.25, 0.3) is 0 Å². The van der Waals surface area contributed by atoms with Crippen LogP contribution in [0.3, 0.4) is 0 Å². The maximum Gasteiger partial charge on any atom is 0.330 e. The van der Waals surface area contributed by atoms with E-state index < -0.39 is 15.2 Å². The molecule has 1 saturated heterocycles. The van der Waals surface area contributed by atoms with E-state index in [1.54, 1.807) is 5.01 Å². The molecule has 0 unspecified atom stereocenters. The van der Waals surface area contributed by atoms with Crippen molar-refractivity contribution in [3.8, 4) is 0 Å². The van der Waals surface area contributed by atoms with Crippen molar-refractivity contribution in [3.05, 3.63) is 63.3 Å². The van der Waals surface area contributed by atoms with Crippen LogP contribution >= 0.6 is 15.2 Å². The number of carbonyl (C=O) groups is 4. The number of allylic oxidation sites excluding steroid dienone is 5. The fraction of sp³-hybridized carbons (Fsp3) is 0.741. The molecule has 0 spiro atoms. The molecule has 4 N–H and O–H groups in total. The molecule has 1 fully saturated rings. The van der Waals surface area contributed by atoms with Crippen LogP contribution in [0.15, 0.2) is 63.3 Å². The van der Waals surface area contributed by atoms with Crippen molar-refractivity contribution in [2.24, 2.45) is 5.92 Å². The fourth-order valence-corrected chi connectivity index (χ4v) is 8.65. The molecule has 70 heavy (non-hydrogen) atoms. The van der Waals surface area contributed by atoms with E-state index in [1.807, 2.05) is 44.5 Å². The summed E-state index contributed by atoms with van der Waals surface area (Å²) < 4.78 is 31.8. The lowest BCUT2D eigenvalue weighted by Gasteiger charge is -2.26. The number of hydrazine groups is 2. The molecule has 0 saturated carbocycles. The largest absolute Gasteiger partial charge is 0.330 e. The minimum absolute atomic E-state index is 0.00796. The SMILES string of the molecule is C=CCCCCC(=O)NN(C)C.C=CCCCCC(=O)NN1CCCCC1.C=CCCCCCCC(C(C)=O)C(C)=O.C=CCCCCCCCP(=O)(O)O.C=CCCCCCCCP(=O)(OC)OC. The Balaban J connectivity index is -0.000000390. The quantitative estimate of drug-likeness (QED) is 0.0150. The van der Waals surface area contributed by atoms with E-state index in [0.29, 0.717) is 25.4 Å². The Kier molecular flexibility index (Phi) is 56.9. The molecule has 0 aromatic rings. The lowest BCUT2D eigenvalue weighted by Crippen LogP contribution is -2.44. The first-order chi connectivity index (χ1) is 33.3. The monoisotopic (exact) mass is 1030 g/mol. The van der Waals surface area contributed by atoms with E-state index in [-0.39, 0.29) is 35.5 Å². The molecule has 0 aromatic heterocycles. The molecule has 1 heterocycles. The van der Waals surface area contributed by atoms with Crippen LogP contribution in [0.2, 0.25) is 0 Å². The van der Waals surface area contributed by atoms with Crippen molar-refractivity contribution in [2.45, 2.75) is 200 Å². The summed E-state index contributed by atoms with van der Waals surface area (Å²) in [5, 5.41) is 3.72.